The smallest absolute Gasteiger partial charge is 0.238 e. The molecule has 0 aliphatic heterocycles. The molecule has 2 aromatic carbocycles. The number of thiophene rings is 1. The van der Waals surface area contributed by atoms with Gasteiger partial charge in [-0.1, -0.05) is 54.6 Å². The van der Waals surface area contributed by atoms with Crippen molar-refractivity contribution in [1.29, 1.82) is 0 Å². The molecule has 0 aliphatic rings. The van der Waals surface area contributed by atoms with Crippen LogP contribution < -0.4 is 10.6 Å². The Labute approximate surface area is 146 Å². The van der Waals surface area contributed by atoms with E-state index in [0.717, 1.165) is 16.8 Å². The van der Waals surface area contributed by atoms with Gasteiger partial charge in [0.25, 0.3) is 0 Å². The number of nitrogens with one attached hydrogen (secondary N) is 2. The Morgan fingerprint density at radius 3 is 2.46 bits per heavy atom. The highest BCUT2D eigenvalue weighted by Gasteiger charge is 2.16. The van der Waals surface area contributed by atoms with Gasteiger partial charge in [0.1, 0.15) is 0 Å². The maximum absolute atomic E-state index is 12.3. The van der Waals surface area contributed by atoms with Crippen molar-refractivity contribution < 1.29 is 4.79 Å². The molecule has 1 atom stereocenters. The lowest BCUT2D eigenvalue weighted by molar-refractivity contribution is -0.115. The van der Waals surface area contributed by atoms with E-state index in [9.17, 15) is 4.79 Å². The van der Waals surface area contributed by atoms with Crippen LogP contribution in [0.25, 0.3) is 0 Å². The summed E-state index contributed by atoms with van der Waals surface area (Å²) in [6, 6.07) is 22.1. The van der Waals surface area contributed by atoms with Crippen LogP contribution in [0, 0.1) is 6.92 Å². The maximum atomic E-state index is 12.3. The van der Waals surface area contributed by atoms with E-state index in [0.29, 0.717) is 0 Å². The summed E-state index contributed by atoms with van der Waals surface area (Å²) < 4.78 is 0. The van der Waals surface area contributed by atoms with Crippen LogP contribution in [0.4, 0.5) is 5.69 Å². The number of benzene rings is 2. The first kappa shape index (κ1) is 16.4. The third kappa shape index (κ3) is 4.10. The van der Waals surface area contributed by atoms with Gasteiger partial charge in [-0.2, -0.15) is 0 Å². The number of anilines is 1. The summed E-state index contributed by atoms with van der Waals surface area (Å²) in [7, 11) is 0. The minimum atomic E-state index is -0.0400. The molecule has 1 heterocycles. The van der Waals surface area contributed by atoms with Crippen LogP contribution in [0.1, 0.15) is 22.0 Å². The molecule has 3 nitrogen and oxygen atoms in total. The average Bonchev–Trinajstić information content (AvgIpc) is 3.12. The van der Waals surface area contributed by atoms with Gasteiger partial charge >= 0.3 is 0 Å². The van der Waals surface area contributed by atoms with Gasteiger partial charge in [-0.3, -0.25) is 10.1 Å². The maximum Gasteiger partial charge on any atom is 0.238 e. The molecule has 3 aromatic rings. The minimum absolute atomic E-state index is 0.0221. The zero-order chi connectivity index (χ0) is 16.8. The monoisotopic (exact) mass is 336 g/mol. The fourth-order valence-electron chi connectivity index (χ4n) is 2.59. The van der Waals surface area contributed by atoms with Crippen molar-refractivity contribution >= 4 is 22.9 Å². The van der Waals surface area contributed by atoms with Gasteiger partial charge in [0.05, 0.1) is 12.6 Å². The Kier molecular flexibility index (Phi) is 5.41. The van der Waals surface area contributed by atoms with Crippen molar-refractivity contribution in [2.75, 3.05) is 11.9 Å². The summed E-state index contributed by atoms with van der Waals surface area (Å²) in [5.41, 5.74) is 3.07. The van der Waals surface area contributed by atoms with E-state index in [2.05, 4.69) is 34.2 Å². The Morgan fingerprint density at radius 1 is 1.00 bits per heavy atom. The lowest BCUT2D eigenvalue weighted by Gasteiger charge is -2.18. The van der Waals surface area contributed by atoms with Crippen LogP contribution in [0.2, 0.25) is 0 Å². The Morgan fingerprint density at radius 2 is 1.75 bits per heavy atom. The zero-order valence-electron chi connectivity index (χ0n) is 13.5. The number of carbonyl (C=O) groups excluding carboxylic acids is 1. The quantitative estimate of drug-likeness (QED) is 0.701. The molecule has 3 rings (SSSR count). The highest BCUT2D eigenvalue weighted by atomic mass is 32.1. The largest absolute Gasteiger partial charge is 0.325 e. The van der Waals surface area contributed by atoms with Crippen molar-refractivity contribution in [3.8, 4) is 0 Å². The molecule has 1 aromatic heterocycles. The molecule has 0 saturated carbocycles. The van der Waals surface area contributed by atoms with Gasteiger partial charge in [-0.25, -0.2) is 0 Å². The molecule has 122 valence electrons. The molecule has 0 radical (unpaired) electrons. The summed E-state index contributed by atoms with van der Waals surface area (Å²) in [5.74, 6) is -0.0400. The van der Waals surface area contributed by atoms with E-state index in [4.69, 9.17) is 0 Å². The number of carbonyl (C=O) groups is 1. The SMILES string of the molecule is Cc1ccccc1NC(=O)CN[C@H](c1ccccc1)c1cccs1. The number of para-hydroxylation sites is 1. The Bertz CT molecular complexity index is 784. The Hall–Kier alpha value is -2.43. The summed E-state index contributed by atoms with van der Waals surface area (Å²) >= 11 is 1.69. The molecule has 0 aliphatic carbocycles. The van der Waals surface area contributed by atoms with Crippen molar-refractivity contribution in [1.82, 2.24) is 5.32 Å². The first-order chi connectivity index (χ1) is 11.7. The fraction of sp³-hybridized carbons (Fsp3) is 0.150. The average molecular weight is 336 g/mol. The van der Waals surface area contributed by atoms with E-state index < -0.39 is 0 Å². The summed E-state index contributed by atoms with van der Waals surface area (Å²) in [6.45, 7) is 2.24. The summed E-state index contributed by atoms with van der Waals surface area (Å²) in [4.78, 5) is 13.5. The van der Waals surface area contributed by atoms with Gasteiger partial charge in [0, 0.05) is 10.6 Å². The van der Waals surface area contributed by atoms with Crippen molar-refractivity contribution in [3.05, 3.63) is 88.1 Å². The van der Waals surface area contributed by atoms with Gasteiger partial charge in [0.15, 0.2) is 0 Å². The van der Waals surface area contributed by atoms with Crippen LogP contribution in [0.3, 0.4) is 0 Å². The molecule has 0 saturated heterocycles. The van der Waals surface area contributed by atoms with E-state index >= 15 is 0 Å². The van der Waals surface area contributed by atoms with Crippen molar-refractivity contribution in [3.63, 3.8) is 0 Å². The van der Waals surface area contributed by atoms with Gasteiger partial charge in [-0.05, 0) is 35.6 Å². The van der Waals surface area contributed by atoms with E-state index in [-0.39, 0.29) is 18.5 Å². The minimum Gasteiger partial charge on any atom is -0.325 e. The number of aryl methyl sites for hydroxylation is 1. The second-order valence-electron chi connectivity index (χ2n) is 5.60. The molecule has 1 amide bonds. The van der Waals surface area contributed by atoms with Crippen LogP contribution in [-0.4, -0.2) is 12.5 Å². The molecule has 0 bridgehead atoms. The molecule has 0 fully saturated rings. The highest BCUT2D eigenvalue weighted by Crippen LogP contribution is 2.25. The molecular formula is C20H20N2OS. The van der Waals surface area contributed by atoms with Crippen molar-refractivity contribution in [2.45, 2.75) is 13.0 Å². The van der Waals surface area contributed by atoms with E-state index in [1.165, 1.54) is 4.88 Å². The number of hydrogen-bond donors (Lipinski definition) is 2. The lowest BCUT2D eigenvalue weighted by Crippen LogP contribution is -2.31. The van der Waals surface area contributed by atoms with Gasteiger partial charge in [-0.15, -0.1) is 11.3 Å². The second-order valence-corrected chi connectivity index (χ2v) is 6.58. The first-order valence-electron chi connectivity index (χ1n) is 7.91. The van der Waals surface area contributed by atoms with Crippen LogP contribution in [-0.2, 0) is 4.79 Å². The van der Waals surface area contributed by atoms with Crippen molar-refractivity contribution in [2.24, 2.45) is 0 Å². The highest BCUT2D eigenvalue weighted by molar-refractivity contribution is 7.10. The number of hydrogen-bond acceptors (Lipinski definition) is 3. The number of rotatable bonds is 6. The lowest BCUT2D eigenvalue weighted by atomic mass is 10.1. The topological polar surface area (TPSA) is 41.1 Å². The second kappa shape index (κ2) is 7.90. The number of amides is 1. The van der Waals surface area contributed by atoms with Crippen LogP contribution in [0.15, 0.2) is 72.1 Å². The molecule has 0 unspecified atom stereocenters. The van der Waals surface area contributed by atoms with Gasteiger partial charge < -0.3 is 5.32 Å². The molecule has 2 N–H and O–H groups in total. The predicted molar refractivity (Wildman–Crippen MR) is 100 cm³/mol. The molecule has 24 heavy (non-hydrogen) atoms. The fourth-order valence-corrected chi connectivity index (χ4v) is 3.41. The van der Waals surface area contributed by atoms with Crippen LogP contribution in [0.5, 0.6) is 0 Å². The van der Waals surface area contributed by atoms with Gasteiger partial charge in [0.2, 0.25) is 5.91 Å². The Balaban J connectivity index is 1.68. The third-order valence-corrected chi connectivity index (χ3v) is 4.78. The summed E-state index contributed by atoms with van der Waals surface area (Å²) in [6.07, 6.45) is 0. The molecule has 4 heteroatoms. The zero-order valence-corrected chi connectivity index (χ0v) is 14.3. The van der Waals surface area contributed by atoms with E-state index in [1.807, 2.05) is 55.5 Å². The van der Waals surface area contributed by atoms with E-state index in [1.54, 1.807) is 11.3 Å². The first-order valence-corrected chi connectivity index (χ1v) is 8.79. The molecule has 0 spiro atoms. The van der Waals surface area contributed by atoms with Crippen LogP contribution >= 0.6 is 11.3 Å². The predicted octanol–water partition coefficient (Wildman–Crippen LogP) is 4.37. The normalized spacial score (nSPS) is 11.9. The third-order valence-electron chi connectivity index (χ3n) is 3.85. The summed E-state index contributed by atoms with van der Waals surface area (Å²) in [5, 5.41) is 8.40. The molecular weight excluding hydrogens is 316 g/mol. The standard InChI is InChI=1S/C20H20N2OS/c1-15-8-5-6-11-17(15)22-19(23)14-21-20(18-12-7-13-24-18)16-9-3-2-4-10-16/h2-13,20-21H,14H2,1H3,(H,22,23)/t20-/m1/s1.